The smallest absolute Gasteiger partial charge is 0.252 e. The number of nitrogens with zero attached hydrogens (tertiary/aromatic N) is 1. The lowest BCUT2D eigenvalue weighted by Crippen LogP contribution is -2.32. The van der Waals surface area contributed by atoms with Crippen molar-refractivity contribution in [2.45, 2.75) is 25.9 Å². The van der Waals surface area contributed by atoms with Crippen LogP contribution < -0.4 is 5.32 Å². The number of carbonyl (C=O) groups excluding carboxylic acids is 1. The molecule has 4 rings (SSSR count). The standard InChI is InChI=1S/C22H21BrN2O2/c1-14-4-9-20-18(11-14)19(22(26)24-13-17-3-2-10-27-17)12-21(25-20)15-5-7-16(23)8-6-15/h4-9,11-12,17H,2-3,10,13H2,1H3,(H,24,26)/t17-/m1/s1. The fraction of sp³-hybridized carbons (Fsp3) is 0.273. The van der Waals surface area contributed by atoms with Crippen LogP contribution in [0.15, 0.2) is 53.0 Å². The predicted octanol–water partition coefficient (Wildman–Crippen LogP) is 4.88. The number of fused-ring (bicyclic) bond motifs is 1. The second kappa shape index (κ2) is 7.79. The Labute approximate surface area is 167 Å². The Morgan fingerprint density at radius 3 is 2.78 bits per heavy atom. The van der Waals surface area contributed by atoms with Crippen molar-refractivity contribution < 1.29 is 9.53 Å². The minimum absolute atomic E-state index is 0.0816. The average molecular weight is 425 g/mol. The summed E-state index contributed by atoms with van der Waals surface area (Å²) in [4.78, 5) is 17.7. The van der Waals surface area contributed by atoms with E-state index in [9.17, 15) is 4.79 Å². The molecule has 1 atom stereocenters. The van der Waals surface area contributed by atoms with Crippen molar-refractivity contribution in [1.82, 2.24) is 10.3 Å². The highest BCUT2D eigenvalue weighted by molar-refractivity contribution is 9.10. The molecule has 0 unspecified atom stereocenters. The fourth-order valence-corrected chi connectivity index (χ4v) is 3.67. The van der Waals surface area contributed by atoms with Crippen LogP contribution in [0.5, 0.6) is 0 Å². The van der Waals surface area contributed by atoms with E-state index in [2.05, 4.69) is 21.2 Å². The lowest BCUT2D eigenvalue weighted by atomic mass is 10.0. The van der Waals surface area contributed by atoms with E-state index < -0.39 is 0 Å². The number of aryl methyl sites for hydroxylation is 1. The Balaban J connectivity index is 1.72. The van der Waals surface area contributed by atoms with Gasteiger partial charge in [0, 0.05) is 28.6 Å². The first kappa shape index (κ1) is 18.1. The van der Waals surface area contributed by atoms with Gasteiger partial charge in [-0.05, 0) is 50.1 Å². The summed E-state index contributed by atoms with van der Waals surface area (Å²) in [5.74, 6) is -0.0816. The maximum atomic E-state index is 13.0. The van der Waals surface area contributed by atoms with Crippen LogP contribution in [0.4, 0.5) is 0 Å². The quantitative estimate of drug-likeness (QED) is 0.648. The monoisotopic (exact) mass is 424 g/mol. The normalized spacial score (nSPS) is 16.6. The van der Waals surface area contributed by atoms with Crippen LogP contribution in [-0.2, 0) is 4.74 Å². The molecule has 1 saturated heterocycles. The molecule has 138 valence electrons. The van der Waals surface area contributed by atoms with Crippen molar-refractivity contribution in [2.24, 2.45) is 0 Å². The molecule has 27 heavy (non-hydrogen) atoms. The maximum Gasteiger partial charge on any atom is 0.252 e. The minimum atomic E-state index is -0.0816. The van der Waals surface area contributed by atoms with Gasteiger partial charge in [0.2, 0.25) is 0 Å². The molecule has 0 aliphatic carbocycles. The summed E-state index contributed by atoms with van der Waals surface area (Å²) in [5, 5.41) is 3.92. The van der Waals surface area contributed by atoms with Crippen LogP contribution in [0.1, 0.15) is 28.8 Å². The molecule has 1 fully saturated rings. The summed E-state index contributed by atoms with van der Waals surface area (Å²) in [6, 6.07) is 15.9. The van der Waals surface area contributed by atoms with Crippen molar-refractivity contribution >= 4 is 32.7 Å². The van der Waals surface area contributed by atoms with Crippen molar-refractivity contribution in [2.75, 3.05) is 13.2 Å². The number of rotatable bonds is 4. The summed E-state index contributed by atoms with van der Waals surface area (Å²) in [5.41, 5.74) is 4.35. The number of ether oxygens (including phenoxy) is 1. The van der Waals surface area contributed by atoms with Gasteiger partial charge in [-0.25, -0.2) is 4.98 Å². The van der Waals surface area contributed by atoms with Crippen molar-refractivity contribution in [3.8, 4) is 11.3 Å². The average Bonchev–Trinajstić information content (AvgIpc) is 3.19. The van der Waals surface area contributed by atoms with E-state index in [1.165, 1.54) is 0 Å². The molecular formula is C22H21BrN2O2. The van der Waals surface area contributed by atoms with Gasteiger partial charge in [0.05, 0.1) is 22.9 Å². The number of aromatic nitrogens is 1. The molecule has 3 aromatic rings. The zero-order chi connectivity index (χ0) is 18.8. The highest BCUT2D eigenvalue weighted by atomic mass is 79.9. The zero-order valence-corrected chi connectivity index (χ0v) is 16.8. The van der Waals surface area contributed by atoms with Gasteiger partial charge >= 0.3 is 0 Å². The molecule has 0 radical (unpaired) electrons. The largest absolute Gasteiger partial charge is 0.376 e. The number of nitrogens with one attached hydrogen (secondary N) is 1. The second-order valence-electron chi connectivity index (χ2n) is 6.93. The van der Waals surface area contributed by atoms with Crippen LogP contribution in [-0.4, -0.2) is 30.1 Å². The first-order valence-electron chi connectivity index (χ1n) is 9.17. The first-order valence-corrected chi connectivity index (χ1v) is 9.96. The molecule has 5 heteroatoms. The topological polar surface area (TPSA) is 51.2 Å². The zero-order valence-electron chi connectivity index (χ0n) is 15.2. The first-order chi connectivity index (χ1) is 13.1. The van der Waals surface area contributed by atoms with Crippen molar-refractivity contribution in [1.29, 1.82) is 0 Å². The SMILES string of the molecule is Cc1ccc2nc(-c3ccc(Br)cc3)cc(C(=O)NC[C@H]3CCCO3)c2c1. The van der Waals surface area contributed by atoms with Gasteiger partial charge in [-0.15, -0.1) is 0 Å². The Bertz CT molecular complexity index is 980. The van der Waals surface area contributed by atoms with Crippen LogP contribution in [0, 0.1) is 6.92 Å². The third kappa shape index (κ3) is 4.04. The minimum Gasteiger partial charge on any atom is -0.376 e. The number of hydrogen-bond acceptors (Lipinski definition) is 3. The highest BCUT2D eigenvalue weighted by Gasteiger charge is 2.19. The van der Waals surface area contributed by atoms with Gasteiger partial charge in [-0.2, -0.15) is 0 Å². The third-order valence-corrected chi connectivity index (χ3v) is 5.39. The number of benzene rings is 2. The lowest BCUT2D eigenvalue weighted by molar-refractivity contribution is 0.0859. The fourth-order valence-electron chi connectivity index (χ4n) is 3.40. The summed E-state index contributed by atoms with van der Waals surface area (Å²) >= 11 is 3.46. The Hall–Kier alpha value is -2.24. The molecule has 1 amide bonds. The van der Waals surface area contributed by atoms with Gasteiger partial charge in [-0.3, -0.25) is 4.79 Å². The molecule has 1 aliphatic heterocycles. The van der Waals surface area contributed by atoms with Crippen LogP contribution in [0.25, 0.3) is 22.2 Å². The van der Waals surface area contributed by atoms with E-state index in [1.54, 1.807) is 0 Å². The molecule has 2 aromatic carbocycles. The van der Waals surface area contributed by atoms with E-state index in [0.717, 1.165) is 51.6 Å². The van der Waals surface area contributed by atoms with E-state index in [4.69, 9.17) is 9.72 Å². The number of carbonyl (C=O) groups is 1. The van der Waals surface area contributed by atoms with Gasteiger partial charge in [0.1, 0.15) is 0 Å². The van der Waals surface area contributed by atoms with Crippen molar-refractivity contribution in [3.05, 3.63) is 64.1 Å². The third-order valence-electron chi connectivity index (χ3n) is 4.86. The maximum absolute atomic E-state index is 13.0. The number of pyridine rings is 1. The molecular weight excluding hydrogens is 404 g/mol. The van der Waals surface area contributed by atoms with E-state index in [1.807, 2.05) is 55.5 Å². The lowest BCUT2D eigenvalue weighted by Gasteiger charge is -2.13. The summed E-state index contributed by atoms with van der Waals surface area (Å²) in [6.45, 7) is 3.35. The second-order valence-corrected chi connectivity index (χ2v) is 7.84. The molecule has 0 saturated carbocycles. The summed E-state index contributed by atoms with van der Waals surface area (Å²) in [7, 11) is 0. The Morgan fingerprint density at radius 2 is 2.04 bits per heavy atom. The molecule has 0 bridgehead atoms. The van der Waals surface area contributed by atoms with Crippen LogP contribution in [0.3, 0.4) is 0 Å². The molecule has 0 spiro atoms. The number of amides is 1. The molecule has 1 aliphatic rings. The summed E-state index contributed by atoms with van der Waals surface area (Å²) in [6.07, 6.45) is 2.18. The molecule has 1 aromatic heterocycles. The highest BCUT2D eigenvalue weighted by Crippen LogP contribution is 2.27. The molecule has 4 nitrogen and oxygen atoms in total. The number of halogens is 1. The van der Waals surface area contributed by atoms with E-state index >= 15 is 0 Å². The van der Waals surface area contributed by atoms with Gasteiger partial charge in [-0.1, -0.05) is 39.7 Å². The number of hydrogen-bond donors (Lipinski definition) is 1. The van der Waals surface area contributed by atoms with Crippen LogP contribution in [0.2, 0.25) is 0 Å². The van der Waals surface area contributed by atoms with Crippen LogP contribution >= 0.6 is 15.9 Å². The molecule has 1 N–H and O–H groups in total. The Morgan fingerprint density at radius 1 is 1.22 bits per heavy atom. The Kier molecular flexibility index (Phi) is 5.23. The van der Waals surface area contributed by atoms with Gasteiger partial charge in [0.15, 0.2) is 0 Å². The predicted molar refractivity (Wildman–Crippen MR) is 111 cm³/mol. The van der Waals surface area contributed by atoms with Gasteiger partial charge < -0.3 is 10.1 Å². The summed E-state index contributed by atoms with van der Waals surface area (Å²) < 4.78 is 6.63. The molecule has 2 heterocycles. The van der Waals surface area contributed by atoms with E-state index in [-0.39, 0.29) is 12.0 Å². The van der Waals surface area contributed by atoms with E-state index in [0.29, 0.717) is 12.1 Å². The van der Waals surface area contributed by atoms with Gasteiger partial charge in [0.25, 0.3) is 5.91 Å². The van der Waals surface area contributed by atoms with Crippen molar-refractivity contribution in [3.63, 3.8) is 0 Å².